The van der Waals surface area contributed by atoms with Crippen molar-refractivity contribution in [3.63, 3.8) is 0 Å². The molecule has 0 spiro atoms. The summed E-state index contributed by atoms with van der Waals surface area (Å²) in [6.07, 6.45) is 1.05. The molecule has 1 aliphatic rings. The molecule has 0 radical (unpaired) electrons. The van der Waals surface area contributed by atoms with E-state index in [0.29, 0.717) is 27.7 Å². The fourth-order valence-electron chi connectivity index (χ4n) is 3.66. The summed E-state index contributed by atoms with van der Waals surface area (Å²) in [6, 6.07) is 10.3. The third-order valence-corrected chi connectivity index (χ3v) is 5.82. The normalized spacial score (nSPS) is 14.1. The summed E-state index contributed by atoms with van der Waals surface area (Å²) in [5.41, 5.74) is 7.92. The van der Waals surface area contributed by atoms with Crippen LogP contribution in [0.4, 0.5) is 33.2 Å². The summed E-state index contributed by atoms with van der Waals surface area (Å²) >= 11 is 6.14. The van der Waals surface area contributed by atoms with Crippen molar-refractivity contribution in [3.8, 4) is 5.75 Å². The molecular weight excluding hydrogens is 461 g/mol. The fourth-order valence-corrected chi connectivity index (χ4v) is 3.92. The predicted octanol–water partition coefficient (Wildman–Crippen LogP) is 3.62. The summed E-state index contributed by atoms with van der Waals surface area (Å²) in [7, 11) is 3.58. The van der Waals surface area contributed by atoms with Crippen molar-refractivity contribution < 1.29 is 13.9 Å². The van der Waals surface area contributed by atoms with E-state index < -0.39 is 11.7 Å². The van der Waals surface area contributed by atoms with E-state index in [1.165, 1.54) is 7.11 Å². The minimum absolute atomic E-state index is 0.0390. The van der Waals surface area contributed by atoms with Gasteiger partial charge < -0.3 is 30.9 Å². The fraction of sp³-hybridized carbons (Fsp3) is 0.261. The van der Waals surface area contributed by atoms with E-state index in [2.05, 4.69) is 37.4 Å². The summed E-state index contributed by atoms with van der Waals surface area (Å²) in [5, 5.41) is 6.27. The molecule has 2 heterocycles. The number of hydrogen-bond donors (Lipinski definition) is 3. The summed E-state index contributed by atoms with van der Waals surface area (Å²) in [6.45, 7) is 3.40. The SMILES string of the molecule is COc1ccc(Nc2nc(Nc3ccc(N4CCN(C)CC4)c(C(N)=O)c3)ncc2F)cc1Cl. The van der Waals surface area contributed by atoms with Crippen molar-refractivity contribution >= 4 is 46.3 Å². The van der Waals surface area contributed by atoms with Gasteiger partial charge in [0.1, 0.15) is 5.75 Å². The Balaban J connectivity index is 1.55. The molecule has 1 fully saturated rings. The molecule has 4 rings (SSSR count). The summed E-state index contributed by atoms with van der Waals surface area (Å²) in [4.78, 5) is 24.7. The number of amides is 1. The van der Waals surface area contributed by atoms with Gasteiger partial charge in [0.15, 0.2) is 11.6 Å². The van der Waals surface area contributed by atoms with Crippen LogP contribution in [-0.4, -0.2) is 61.1 Å². The molecule has 1 amide bonds. The van der Waals surface area contributed by atoms with Crippen molar-refractivity contribution in [1.29, 1.82) is 0 Å². The number of piperazine rings is 1. The monoisotopic (exact) mass is 485 g/mol. The van der Waals surface area contributed by atoms with Crippen molar-refractivity contribution in [2.24, 2.45) is 5.73 Å². The maximum absolute atomic E-state index is 14.4. The molecular formula is C23H25ClFN7O2. The Kier molecular flexibility index (Phi) is 6.99. The molecule has 9 nitrogen and oxygen atoms in total. The van der Waals surface area contributed by atoms with Crippen molar-refractivity contribution in [2.45, 2.75) is 0 Å². The maximum Gasteiger partial charge on any atom is 0.250 e. The Morgan fingerprint density at radius 3 is 2.50 bits per heavy atom. The largest absolute Gasteiger partial charge is 0.495 e. The van der Waals surface area contributed by atoms with Crippen molar-refractivity contribution in [1.82, 2.24) is 14.9 Å². The molecule has 2 aromatic carbocycles. The standard InChI is InChI=1S/C23H25ClFN7O2/c1-31-7-9-32(10-8-31)19-5-3-14(11-16(19)21(26)33)29-23-27-13-18(25)22(30-23)28-15-4-6-20(34-2)17(24)12-15/h3-6,11-13H,7-10H2,1-2H3,(H2,26,33)(H2,27,28,29,30). The Labute approximate surface area is 201 Å². The van der Waals surface area contributed by atoms with Crippen molar-refractivity contribution in [2.75, 3.05) is 55.9 Å². The maximum atomic E-state index is 14.4. The Bertz CT molecular complexity index is 1200. The minimum Gasteiger partial charge on any atom is -0.495 e. The smallest absolute Gasteiger partial charge is 0.250 e. The van der Waals surface area contributed by atoms with Gasteiger partial charge >= 0.3 is 0 Å². The van der Waals surface area contributed by atoms with Gasteiger partial charge in [-0.25, -0.2) is 9.37 Å². The number of methoxy groups -OCH3 is 1. The highest BCUT2D eigenvalue weighted by molar-refractivity contribution is 6.32. The van der Waals surface area contributed by atoms with Crippen LogP contribution in [0.15, 0.2) is 42.6 Å². The topological polar surface area (TPSA) is 109 Å². The first-order chi connectivity index (χ1) is 16.3. The lowest BCUT2D eigenvalue weighted by molar-refractivity contribution is 0.100. The van der Waals surface area contributed by atoms with Crippen molar-refractivity contribution in [3.05, 3.63) is 59.0 Å². The van der Waals surface area contributed by atoms with E-state index in [9.17, 15) is 9.18 Å². The summed E-state index contributed by atoms with van der Waals surface area (Å²) in [5.74, 6) is -0.561. The van der Waals surface area contributed by atoms with Gasteiger partial charge in [0, 0.05) is 43.2 Å². The highest BCUT2D eigenvalue weighted by Gasteiger charge is 2.20. The average Bonchev–Trinajstić information content (AvgIpc) is 2.82. The number of hydrogen-bond acceptors (Lipinski definition) is 8. The van der Waals surface area contributed by atoms with Gasteiger partial charge in [-0.05, 0) is 43.4 Å². The Hall–Kier alpha value is -3.63. The predicted molar refractivity (Wildman–Crippen MR) is 131 cm³/mol. The number of anilines is 5. The molecule has 0 unspecified atom stereocenters. The van der Waals surface area contributed by atoms with Crippen LogP contribution in [0.3, 0.4) is 0 Å². The van der Waals surface area contributed by atoms with Crippen LogP contribution >= 0.6 is 11.6 Å². The van der Waals surface area contributed by atoms with Gasteiger partial charge in [-0.3, -0.25) is 4.79 Å². The number of halogens is 2. The number of aromatic nitrogens is 2. The van der Waals surface area contributed by atoms with Crippen LogP contribution in [0.1, 0.15) is 10.4 Å². The number of nitrogens with one attached hydrogen (secondary N) is 2. The molecule has 34 heavy (non-hydrogen) atoms. The van der Waals surface area contributed by atoms with Crippen LogP contribution in [0.25, 0.3) is 0 Å². The second-order valence-electron chi connectivity index (χ2n) is 7.88. The zero-order valence-corrected chi connectivity index (χ0v) is 19.6. The lowest BCUT2D eigenvalue weighted by atomic mass is 10.1. The molecule has 0 saturated carbocycles. The molecule has 1 aromatic heterocycles. The molecule has 4 N–H and O–H groups in total. The number of benzene rings is 2. The molecule has 1 aliphatic heterocycles. The van der Waals surface area contributed by atoms with E-state index in [1.807, 2.05) is 12.1 Å². The van der Waals surface area contributed by atoms with E-state index in [1.54, 1.807) is 24.3 Å². The molecule has 3 aromatic rings. The number of carbonyl (C=O) groups is 1. The summed E-state index contributed by atoms with van der Waals surface area (Å²) < 4.78 is 19.5. The van der Waals surface area contributed by atoms with Crippen LogP contribution in [-0.2, 0) is 0 Å². The molecule has 1 saturated heterocycles. The van der Waals surface area contributed by atoms with E-state index in [-0.39, 0.29) is 11.8 Å². The minimum atomic E-state index is -0.638. The molecule has 0 bridgehead atoms. The number of primary amides is 1. The third-order valence-electron chi connectivity index (χ3n) is 5.52. The average molecular weight is 486 g/mol. The number of ether oxygens (including phenoxy) is 1. The zero-order valence-electron chi connectivity index (χ0n) is 18.8. The molecule has 178 valence electrons. The second kappa shape index (κ2) is 10.1. The number of nitrogens with zero attached hydrogens (tertiary/aromatic N) is 4. The number of carbonyl (C=O) groups excluding carboxylic acids is 1. The lowest BCUT2D eigenvalue weighted by Gasteiger charge is -2.35. The highest BCUT2D eigenvalue weighted by Crippen LogP contribution is 2.30. The van der Waals surface area contributed by atoms with Crippen LogP contribution < -0.4 is 26.0 Å². The molecule has 0 atom stereocenters. The number of rotatable bonds is 7. The van der Waals surface area contributed by atoms with Gasteiger partial charge in [-0.1, -0.05) is 11.6 Å². The molecule has 11 heteroatoms. The van der Waals surface area contributed by atoms with Gasteiger partial charge in [0.05, 0.1) is 23.9 Å². The first-order valence-corrected chi connectivity index (χ1v) is 11.0. The zero-order chi connectivity index (χ0) is 24.2. The van der Waals surface area contributed by atoms with Gasteiger partial charge in [0.2, 0.25) is 5.95 Å². The Morgan fingerprint density at radius 1 is 1.12 bits per heavy atom. The van der Waals surface area contributed by atoms with Crippen LogP contribution in [0, 0.1) is 5.82 Å². The quantitative estimate of drug-likeness (QED) is 0.465. The second-order valence-corrected chi connectivity index (χ2v) is 8.28. The van der Waals surface area contributed by atoms with Gasteiger partial charge in [0.25, 0.3) is 5.91 Å². The van der Waals surface area contributed by atoms with E-state index in [4.69, 9.17) is 22.1 Å². The van der Waals surface area contributed by atoms with E-state index >= 15 is 0 Å². The van der Waals surface area contributed by atoms with Crippen LogP contribution in [0.2, 0.25) is 5.02 Å². The van der Waals surface area contributed by atoms with Crippen LogP contribution in [0.5, 0.6) is 5.75 Å². The molecule has 0 aliphatic carbocycles. The first-order valence-electron chi connectivity index (χ1n) is 10.6. The van der Waals surface area contributed by atoms with Gasteiger partial charge in [-0.2, -0.15) is 4.98 Å². The first kappa shape index (κ1) is 23.5. The lowest BCUT2D eigenvalue weighted by Crippen LogP contribution is -2.45. The third kappa shape index (κ3) is 5.29. The number of nitrogens with two attached hydrogens (primary N) is 1. The van der Waals surface area contributed by atoms with E-state index in [0.717, 1.165) is 38.1 Å². The highest BCUT2D eigenvalue weighted by atomic mass is 35.5. The Morgan fingerprint density at radius 2 is 1.82 bits per heavy atom. The number of likely N-dealkylation sites (N-methyl/N-ethyl adjacent to an activating group) is 1. The van der Waals surface area contributed by atoms with Gasteiger partial charge in [-0.15, -0.1) is 0 Å².